The zero-order valence-electron chi connectivity index (χ0n) is 13.4. The summed E-state index contributed by atoms with van der Waals surface area (Å²) in [5.74, 6) is 0.257. The van der Waals surface area contributed by atoms with Crippen molar-refractivity contribution in [2.75, 3.05) is 20.7 Å². The zero-order chi connectivity index (χ0) is 16.4. The zero-order valence-corrected chi connectivity index (χ0v) is 13.4. The highest BCUT2D eigenvalue weighted by molar-refractivity contribution is 5.79. The van der Waals surface area contributed by atoms with Crippen LogP contribution in [0.1, 0.15) is 30.4 Å². The summed E-state index contributed by atoms with van der Waals surface area (Å²) in [6.45, 7) is 2.94. The number of nitrogens with zero attached hydrogens (tertiary/aromatic N) is 1. The number of methoxy groups -OCH3 is 1. The standard InChI is InChI=1S/C16H24FN3O2/c1-12-7-8-13(10-14(12)17)11-20-16(18-2)19-9-5-4-6-15(21)22-3/h7-8,10H,4-6,9,11H2,1-3H3,(H2,18,19,20). The van der Waals surface area contributed by atoms with Crippen LogP contribution in [0.4, 0.5) is 4.39 Å². The van der Waals surface area contributed by atoms with Gasteiger partial charge >= 0.3 is 5.97 Å². The summed E-state index contributed by atoms with van der Waals surface area (Å²) in [6.07, 6.45) is 2.03. The second kappa shape index (κ2) is 9.76. The lowest BCUT2D eigenvalue weighted by Crippen LogP contribution is -2.37. The number of hydrogen-bond acceptors (Lipinski definition) is 3. The number of aryl methyl sites for hydroxylation is 1. The van der Waals surface area contributed by atoms with E-state index < -0.39 is 0 Å². The molecule has 0 amide bonds. The first kappa shape index (κ1) is 17.9. The maximum atomic E-state index is 13.5. The molecule has 0 aromatic heterocycles. The predicted molar refractivity (Wildman–Crippen MR) is 85.2 cm³/mol. The van der Waals surface area contributed by atoms with E-state index in [0.29, 0.717) is 31.0 Å². The first-order valence-corrected chi connectivity index (χ1v) is 7.33. The molecule has 0 heterocycles. The minimum Gasteiger partial charge on any atom is -0.469 e. The molecule has 2 N–H and O–H groups in total. The van der Waals surface area contributed by atoms with Crippen LogP contribution in [-0.2, 0) is 16.1 Å². The number of aliphatic imine (C=N–C) groups is 1. The van der Waals surface area contributed by atoms with Crippen molar-refractivity contribution < 1.29 is 13.9 Å². The fourth-order valence-corrected chi connectivity index (χ4v) is 1.86. The third-order valence-electron chi connectivity index (χ3n) is 3.25. The Labute approximate surface area is 131 Å². The second-order valence-electron chi connectivity index (χ2n) is 4.97. The number of carbonyl (C=O) groups excluding carboxylic acids is 1. The van der Waals surface area contributed by atoms with Gasteiger partial charge in [-0.05, 0) is 37.0 Å². The average molecular weight is 309 g/mol. The van der Waals surface area contributed by atoms with E-state index in [9.17, 15) is 9.18 Å². The van der Waals surface area contributed by atoms with Crippen LogP contribution >= 0.6 is 0 Å². The normalized spacial score (nSPS) is 11.2. The van der Waals surface area contributed by atoms with Gasteiger partial charge in [0.25, 0.3) is 0 Å². The van der Waals surface area contributed by atoms with Crippen molar-refractivity contribution in [2.45, 2.75) is 32.7 Å². The first-order chi connectivity index (χ1) is 10.6. The monoisotopic (exact) mass is 309 g/mol. The topological polar surface area (TPSA) is 62.7 Å². The molecule has 0 spiro atoms. The van der Waals surface area contributed by atoms with E-state index in [1.807, 2.05) is 6.07 Å². The Morgan fingerprint density at radius 3 is 2.73 bits per heavy atom. The molecule has 0 bridgehead atoms. The van der Waals surface area contributed by atoms with Crippen LogP contribution < -0.4 is 10.6 Å². The van der Waals surface area contributed by atoms with Crippen LogP contribution in [0.25, 0.3) is 0 Å². The SMILES string of the molecule is CN=C(NCCCCC(=O)OC)NCc1ccc(C)c(F)c1. The first-order valence-electron chi connectivity index (χ1n) is 7.33. The molecule has 1 rings (SSSR count). The molecule has 0 unspecified atom stereocenters. The van der Waals surface area contributed by atoms with Crippen LogP contribution in [0.5, 0.6) is 0 Å². The Kier molecular flexibility index (Phi) is 7.96. The molecule has 0 saturated carbocycles. The molecule has 122 valence electrons. The van der Waals surface area contributed by atoms with Crippen LogP contribution in [0.15, 0.2) is 23.2 Å². The highest BCUT2D eigenvalue weighted by Gasteiger charge is 2.02. The fourth-order valence-electron chi connectivity index (χ4n) is 1.86. The largest absolute Gasteiger partial charge is 0.469 e. The maximum absolute atomic E-state index is 13.5. The number of nitrogens with one attached hydrogen (secondary N) is 2. The van der Waals surface area contributed by atoms with Gasteiger partial charge in [0.1, 0.15) is 5.82 Å². The lowest BCUT2D eigenvalue weighted by Gasteiger charge is -2.12. The van der Waals surface area contributed by atoms with Gasteiger partial charge < -0.3 is 15.4 Å². The number of benzene rings is 1. The molecule has 1 aromatic carbocycles. The highest BCUT2D eigenvalue weighted by Crippen LogP contribution is 2.08. The number of esters is 1. The van der Waals surface area contributed by atoms with Crippen molar-refractivity contribution in [2.24, 2.45) is 4.99 Å². The van der Waals surface area contributed by atoms with Gasteiger partial charge in [0.05, 0.1) is 7.11 Å². The molecule has 0 aliphatic heterocycles. The maximum Gasteiger partial charge on any atom is 0.305 e. The van der Waals surface area contributed by atoms with Gasteiger partial charge in [-0.3, -0.25) is 9.79 Å². The Bertz CT molecular complexity index is 518. The van der Waals surface area contributed by atoms with Crippen molar-refractivity contribution in [1.29, 1.82) is 0 Å². The third-order valence-corrected chi connectivity index (χ3v) is 3.25. The van der Waals surface area contributed by atoms with Crippen molar-refractivity contribution in [3.8, 4) is 0 Å². The van der Waals surface area contributed by atoms with Crippen molar-refractivity contribution in [3.63, 3.8) is 0 Å². The van der Waals surface area contributed by atoms with Gasteiger partial charge in [-0.1, -0.05) is 12.1 Å². The summed E-state index contributed by atoms with van der Waals surface area (Å²) in [6, 6.07) is 5.16. The summed E-state index contributed by atoms with van der Waals surface area (Å²) < 4.78 is 18.0. The molecular formula is C16H24FN3O2. The highest BCUT2D eigenvalue weighted by atomic mass is 19.1. The van der Waals surface area contributed by atoms with E-state index in [-0.39, 0.29) is 11.8 Å². The van der Waals surface area contributed by atoms with Gasteiger partial charge in [-0.15, -0.1) is 0 Å². The van der Waals surface area contributed by atoms with Crippen LogP contribution in [0, 0.1) is 12.7 Å². The van der Waals surface area contributed by atoms with E-state index in [2.05, 4.69) is 20.4 Å². The molecule has 0 radical (unpaired) electrons. The van der Waals surface area contributed by atoms with Crippen LogP contribution in [0.3, 0.4) is 0 Å². The molecule has 0 aliphatic rings. The molecule has 5 nitrogen and oxygen atoms in total. The predicted octanol–water partition coefficient (Wildman–Crippen LogP) is 2.14. The van der Waals surface area contributed by atoms with Crippen molar-refractivity contribution in [1.82, 2.24) is 10.6 Å². The molecular weight excluding hydrogens is 285 g/mol. The smallest absolute Gasteiger partial charge is 0.305 e. The van der Waals surface area contributed by atoms with Crippen LogP contribution in [-0.4, -0.2) is 32.6 Å². The van der Waals surface area contributed by atoms with E-state index in [1.54, 1.807) is 20.0 Å². The molecule has 1 aromatic rings. The molecule has 0 aliphatic carbocycles. The number of guanidine groups is 1. The van der Waals surface area contributed by atoms with Gasteiger partial charge in [0, 0.05) is 26.6 Å². The summed E-state index contributed by atoms with van der Waals surface area (Å²) in [4.78, 5) is 15.1. The number of hydrogen-bond donors (Lipinski definition) is 2. The lowest BCUT2D eigenvalue weighted by atomic mass is 10.1. The van der Waals surface area contributed by atoms with Crippen molar-refractivity contribution in [3.05, 3.63) is 35.1 Å². The Hall–Kier alpha value is -2.11. The second-order valence-corrected chi connectivity index (χ2v) is 4.97. The molecule has 6 heteroatoms. The summed E-state index contributed by atoms with van der Waals surface area (Å²) >= 11 is 0. The number of halogens is 1. The average Bonchev–Trinajstić information content (AvgIpc) is 2.52. The van der Waals surface area contributed by atoms with Gasteiger partial charge in [0.2, 0.25) is 0 Å². The van der Waals surface area contributed by atoms with E-state index in [4.69, 9.17) is 0 Å². The molecule has 0 atom stereocenters. The lowest BCUT2D eigenvalue weighted by molar-refractivity contribution is -0.140. The van der Waals surface area contributed by atoms with Gasteiger partial charge in [0.15, 0.2) is 5.96 Å². The summed E-state index contributed by atoms with van der Waals surface area (Å²) in [5.41, 5.74) is 1.49. The Balaban J connectivity index is 2.27. The number of unbranched alkanes of at least 4 members (excludes halogenated alkanes) is 1. The minimum atomic E-state index is -0.204. The van der Waals surface area contributed by atoms with Crippen molar-refractivity contribution >= 4 is 11.9 Å². The van der Waals surface area contributed by atoms with E-state index in [0.717, 1.165) is 18.4 Å². The van der Waals surface area contributed by atoms with E-state index in [1.165, 1.54) is 13.2 Å². The fraction of sp³-hybridized carbons (Fsp3) is 0.500. The Morgan fingerprint density at radius 1 is 1.32 bits per heavy atom. The van der Waals surface area contributed by atoms with Gasteiger partial charge in [-0.25, -0.2) is 4.39 Å². The summed E-state index contributed by atoms with van der Waals surface area (Å²) in [7, 11) is 3.07. The molecule has 0 fully saturated rings. The van der Waals surface area contributed by atoms with E-state index >= 15 is 0 Å². The number of rotatable bonds is 7. The number of ether oxygens (including phenoxy) is 1. The summed E-state index contributed by atoms with van der Waals surface area (Å²) in [5, 5.41) is 6.27. The Morgan fingerprint density at radius 2 is 2.09 bits per heavy atom. The molecule has 0 saturated heterocycles. The number of carbonyl (C=O) groups is 1. The van der Waals surface area contributed by atoms with Gasteiger partial charge in [-0.2, -0.15) is 0 Å². The quantitative estimate of drug-likeness (QED) is 0.351. The van der Waals surface area contributed by atoms with Crippen LogP contribution in [0.2, 0.25) is 0 Å². The third kappa shape index (κ3) is 6.56. The molecule has 22 heavy (non-hydrogen) atoms. The minimum absolute atomic E-state index is 0.191.